The number of nitrogens with zero attached hydrogens (tertiary/aromatic N) is 2. The van der Waals surface area contributed by atoms with Gasteiger partial charge < -0.3 is 14.5 Å². The van der Waals surface area contributed by atoms with Crippen LogP contribution in [-0.4, -0.2) is 28.1 Å². The van der Waals surface area contributed by atoms with Crippen LogP contribution in [0, 0.1) is 12.7 Å². The number of carbonyl (C=O) groups is 1. The average molecular weight is 340 g/mol. The van der Waals surface area contributed by atoms with Gasteiger partial charge in [-0.25, -0.2) is 4.39 Å². The summed E-state index contributed by atoms with van der Waals surface area (Å²) in [5.41, 5.74) is 2.23. The molecule has 25 heavy (non-hydrogen) atoms. The van der Waals surface area contributed by atoms with Crippen LogP contribution in [0.4, 0.5) is 4.39 Å². The molecule has 0 atom stereocenters. The molecule has 0 fully saturated rings. The first-order valence-electron chi connectivity index (χ1n) is 7.71. The highest BCUT2D eigenvalue weighted by Gasteiger charge is 2.24. The van der Waals surface area contributed by atoms with Crippen molar-refractivity contribution in [3.8, 4) is 17.0 Å². The molecule has 0 unspecified atom stereocenters. The van der Waals surface area contributed by atoms with E-state index in [-0.39, 0.29) is 17.5 Å². The zero-order chi connectivity index (χ0) is 18.0. The van der Waals surface area contributed by atoms with Gasteiger partial charge in [-0.2, -0.15) is 0 Å². The van der Waals surface area contributed by atoms with Crippen molar-refractivity contribution in [1.29, 1.82) is 0 Å². The molecule has 128 valence electrons. The number of carbonyl (C=O) groups excluding carboxylic acids is 1. The lowest BCUT2D eigenvalue weighted by molar-refractivity contribution is 0.0784. The van der Waals surface area contributed by atoms with Gasteiger partial charge in [-0.05, 0) is 48.9 Å². The molecule has 1 aromatic heterocycles. The standard InChI is InChI=1S/C19H17FN2O3/c1-12-17(18(21-25-12)14-5-7-15(20)8-6-14)19(24)22(2)11-13-3-9-16(23)10-4-13/h3-10,23H,11H2,1-2H3. The van der Waals surface area contributed by atoms with Crippen LogP contribution in [0.3, 0.4) is 0 Å². The quantitative estimate of drug-likeness (QED) is 0.785. The van der Waals surface area contributed by atoms with E-state index in [4.69, 9.17) is 4.52 Å². The molecular formula is C19H17FN2O3. The summed E-state index contributed by atoms with van der Waals surface area (Å²) in [6.45, 7) is 2.04. The number of hydrogen-bond donors (Lipinski definition) is 1. The third kappa shape index (κ3) is 3.52. The van der Waals surface area contributed by atoms with Crippen LogP contribution in [0.1, 0.15) is 21.7 Å². The number of phenolic OH excluding ortho intramolecular Hbond substituents is 1. The fourth-order valence-electron chi connectivity index (χ4n) is 2.57. The maximum atomic E-state index is 13.1. The summed E-state index contributed by atoms with van der Waals surface area (Å²) in [6, 6.07) is 12.4. The number of halogens is 1. The van der Waals surface area contributed by atoms with Gasteiger partial charge in [0, 0.05) is 19.2 Å². The predicted molar refractivity (Wildman–Crippen MR) is 90.5 cm³/mol. The molecule has 0 radical (unpaired) electrons. The predicted octanol–water partition coefficient (Wildman–Crippen LogP) is 3.77. The summed E-state index contributed by atoms with van der Waals surface area (Å²) in [6.07, 6.45) is 0. The SMILES string of the molecule is Cc1onc(-c2ccc(F)cc2)c1C(=O)N(C)Cc1ccc(O)cc1. The van der Waals surface area contributed by atoms with E-state index in [2.05, 4.69) is 5.16 Å². The normalized spacial score (nSPS) is 10.7. The largest absolute Gasteiger partial charge is 0.508 e. The molecule has 0 aliphatic rings. The smallest absolute Gasteiger partial charge is 0.259 e. The molecule has 3 rings (SSSR count). The number of benzene rings is 2. The molecule has 5 nitrogen and oxygen atoms in total. The molecule has 0 aliphatic heterocycles. The molecule has 0 bridgehead atoms. The van der Waals surface area contributed by atoms with E-state index < -0.39 is 0 Å². The highest BCUT2D eigenvalue weighted by Crippen LogP contribution is 2.27. The minimum absolute atomic E-state index is 0.172. The minimum Gasteiger partial charge on any atom is -0.508 e. The number of phenols is 1. The summed E-state index contributed by atoms with van der Waals surface area (Å²) in [4.78, 5) is 14.4. The lowest BCUT2D eigenvalue weighted by Crippen LogP contribution is -2.26. The van der Waals surface area contributed by atoms with Crippen LogP contribution in [0.15, 0.2) is 53.1 Å². The Morgan fingerprint density at radius 1 is 1.16 bits per heavy atom. The fourth-order valence-corrected chi connectivity index (χ4v) is 2.57. The Labute approximate surface area is 144 Å². The van der Waals surface area contributed by atoms with Gasteiger partial charge in [-0.3, -0.25) is 4.79 Å². The van der Waals surface area contributed by atoms with Crippen LogP contribution in [0.25, 0.3) is 11.3 Å². The maximum Gasteiger partial charge on any atom is 0.259 e. The molecule has 1 amide bonds. The van der Waals surface area contributed by atoms with Gasteiger partial charge >= 0.3 is 0 Å². The first-order valence-corrected chi connectivity index (χ1v) is 7.71. The topological polar surface area (TPSA) is 66.6 Å². The van der Waals surface area contributed by atoms with Gasteiger partial charge in [-0.15, -0.1) is 0 Å². The molecule has 0 saturated carbocycles. The van der Waals surface area contributed by atoms with Crippen molar-refractivity contribution in [3.63, 3.8) is 0 Å². The van der Waals surface area contributed by atoms with Gasteiger partial charge in [0.25, 0.3) is 5.91 Å². The van der Waals surface area contributed by atoms with Crippen molar-refractivity contribution in [3.05, 3.63) is 71.2 Å². The third-order valence-electron chi connectivity index (χ3n) is 3.90. The highest BCUT2D eigenvalue weighted by atomic mass is 19.1. The highest BCUT2D eigenvalue weighted by molar-refractivity contribution is 6.00. The van der Waals surface area contributed by atoms with Gasteiger partial charge in [0.2, 0.25) is 0 Å². The molecule has 6 heteroatoms. The molecular weight excluding hydrogens is 323 g/mol. The van der Waals surface area contributed by atoms with Gasteiger partial charge in [-0.1, -0.05) is 17.3 Å². The lowest BCUT2D eigenvalue weighted by atomic mass is 10.0. The Morgan fingerprint density at radius 3 is 2.44 bits per heavy atom. The van der Waals surface area contributed by atoms with E-state index in [1.807, 2.05) is 0 Å². The van der Waals surface area contributed by atoms with E-state index in [1.165, 1.54) is 12.1 Å². The van der Waals surface area contributed by atoms with Crippen LogP contribution in [0.5, 0.6) is 5.75 Å². The Hall–Kier alpha value is -3.15. The fraction of sp³-hybridized carbons (Fsp3) is 0.158. The Kier molecular flexibility index (Phi) is 4.52. The van der Waals surface area contributed by atoms with Crippen LogP contribution in [0.2, 0.25) is 0 Å². The van der Waals surface area contributed by atoms with E-state index in [1.54, 1.807) is 55.3 Å². The Balaban J connectivity index is 1.87. The van der Waals surface area contributed by atoms with Crippen LogP contribution in [-0.2, 0) is 6.54 Å². The lowest BCUT2D eigenvalue weighted by Gasteiger charge is -2.17. The van der Waals surface area contributed by atoms with E-state index in [0.717, 1.165) is 5.56 Å². The first-order chi connectivity index (χ1) is 12.0. The van der Waals surface area contributed by atoms with E-state index in [9.17, 15) is 14.3 Å². The van der Waals surface area contributed by atoms with Crippen molar-refractivity contribution < 1.29 is 18.8 Å². The maximum absolute atomic E-state index is 13.1. The Bertz CT molecular complexity index is 886. The monoisotopic (exact) mass is 340 g/mol. The second kappa shape index (κ2) is 6.76. The first kappa shape index (κ1) is 16.7. The number of aryl methyl sites for hydroxylation is 1. The van der Waals surface area contributed by atoms with E-state index in [0.29, 0.717) is 29.1 Å². The van der Waals surface area contributed by atoms with Crippen molar-refractivity contribution in [2.24, 2.45) is 0 Å². The molecule has 1 heterocycles. The zero-order valence-corrected chi connectivity index (χ0v) is 13.9. The molecule has 2 aromatic carbocycles. The van der Waals surface area contributed by atoms with Gasteiger partial charge in [0.1, 0.15) is 28.6 Å². The second-order valence-corrected chi connectivity index (χ2v) is 5.80. The summed E-state index contributed by atoms with van der Waals surface area (Å²) in [5.74, 6) is -0.0273. The zero-order valence-electron chi connectivity index (χ0n) is 13.9. The molecule has 0 spiro atoms. The van der Waals surface area contributed by atoms with Gasteiger partial charge in [0.15, 0.2) is 0 Å². The van der Waals surface area contributed by atoms with Crippen LogP contribution < -0.4 is 0 Å². The number of amides is 1. The molecule has 1 N–H and O–H groups in total. The summed E-state index contributed by atoms with van der Waals surface area (Å²) >= 11 is 0. The summed E-state index contributed by atoms with van der Waals surface area (Å²) in [5, 5.41) is 13.3. The van der Waals surface area contributed by atoms with Crippen molar-refractivity contribution >= 4 is 5.91 Å². The van der Waals surface area contributed by atoms with Crippen LogP contribution >= 0.6 is 0 Å². The van der Waals surface area contributed by atoms with Crippen molar-refractivity contribution in [1.82, 2.24) is 10.1 Å². The van der Waals surface area contributed by atoms with Crippen molar-refractivity contribution in [2.75, 3.05) is 7.05 Å². The number of rotatable bonds is 4. The minimum atomic E-state index is -0.360. The Morgan fingerprint density at radius 2 is 1.80 bits per heavy atom. The molecule has 0 aliphatic carbocycles. The number of aromatic hydroxyl groups is 1. The third-order valence-corrected chi connectivity index (χ3v) is 3.90. The van der Waals surface area contributed by atoms with Crippen molar-refractivity contribution in [2.45, 2.75) is 13.5 Å². The second-order valence-electron chi connectivity index (χ2n) is 5.80. The summed E-state index contributed by atoms with van der Waals surface area (Å²) in [7, 11) is 1.68. The number of aromatic nitrogens is 1. The van der Waals surface area contributed by atoms with E-state index >= 15 is 0 Å². The van der Waals surface area contributed by atoms with Gasteiger partial charge in [0.05, 0.1) is 0 Å². The number of hydrogen-bond acceptors (Lipinski definition) is 4. The molecule has 3 aromatic rings. The average Bonchev–Trinajstić information content (AvgIpc) is 2.98. The summed E-state index contributed by atoms with van der Waals surface area (Å²) < 4.78 is 18.3. The molecule has 0 saturated heterocycles.